The van der Waals surface area contributed by atoms with Crippen molar-refractivity contribution >= 4 is 44.8 Å². The first-order valence-corrected chi connectivity index (χ1v) is 15.4. The van der Waals surface area contributed by atoms with Gasteiger partial charge >= 0.3 is 0 Å². The van der Waals surface area contributed by atoms with Gasteiger partial charge in [0.25, 0.3) is 0 Å². The topological polar surface area (TPSA) is 0 Å². The molecule has 6 aromatic rings. The summed E-state index contributed by atoms with van der Waals surface area (Å²) in [5.41, 5.74) is 7.79. The van der Waals surface area contributed by atoms with Crippen LogP contribution in [0.15, 0.2) is 146 Å². The van der Waals surface area contributed by atoms with Crippen LogP contribution in [0.3, 0.4) is 0 Å². The largest absolute Gasteiger partial charge is 0.146 e. The molecule has 1 aliphatic rings. The molecule has 1 heteroatoms. The quantitative estimate of drug-likeness (QED) is 0.205. The third-order valence-corrected chi connectivity index (χ3v) is 12.4. The second kappa shape index (κ2) is 9.49. The number of rotatable bonds is 4. The second-order valence-electron chi connectivity index (χ2n) is 10.5. The molecule has 1 heterocycles. The summed E-state index contributed by atoms with van der Waals surface area (Å²) >= 11 is 0. The van der Waals surface area contributed by atoms with Gasteiger partial charge in [-0.05, 0) is 60.7 Å². The van der Waals surface area contributed by atoms with Crippen molar-refractivity contribution in [2.75, 3.05) is 0 Å². The zero-order valence-electron chi connectivity index (χ0n) is 22.3. The fourth-order valence-electron chi connectivity index (χ4n) is 6.28. The van der Waals surface area contributed by atoms with Gasteiger partial charge in [-0.3, -0.25) is 0 Å². The highest BCUT2D eigenvalue weighted by Crippen LogP contribution is 2.71. The maximum atomic E-state index is 2.40. The summed E-state index contributed by atoms with van der Waals surface area (Å²) in [6.45, 7) is 4.34. The summed E-state index contributed by atoms with van der Waals surface area (Å²) in [4.78, 5) is 0. The number of hydrogen-bond acceptors (Lipinski definition) is 0. The first-order chi connectivity index (χ1) is 19.2. The smallest absolute Gasteiger partial charge is 0.0620 e. The van der Waals surface area contributed by atoms with Gasteiger partial charge < -0.3 is 0 Å². The lowest BCUT2D eigenvalue weighted by Gasteiger charge is -2.36. The Balaban J connectivity index is 1.78. The maximum Gasteiger partial charge on any atom is 0.146 e. The minimum absolute atomic E-state index is 1.27. The first kappa shape index (κ1) is 23.8. The Morgan fingerprint density at radius 2 is 0.949 bits per heavy atom. The molecule has 0 bridgehead atoms. The fourth-order valence-corrected chi connectivity index (χ4v) is 11.1. The van der Waals surface area contributed by atoms with E-state index in [9.17, 15) is 0 Å². The summed E-state index contributed by atoms with van der Waals surface area (Å²) < 4.78 is 0. The Hall–Kier alpha value is -4.25. The average Bonchev–Trinajstić information content (AvgIpc) is 2.99. The standard InChI is InChI=1S/C38H30P/c1-27-19-23-30(24-20-27)37-34-17-9-11-29-12-10-18-35(36(29)34)39(32-13-5-3-6-14-32,33-15-7-4-8-16-33)38(37)31-25-21-28(2)22-26-31/h3-26H,1-2H3/q+1. The molecular weight excluding hydrogens is 487 g/mol. The highest BCUT2D eigenvalue weighted by Gasteiger charge is 2.55. The van der Waals surface area contributed by atoms with Crippen molar-refractivity contribution in [3.63, 3.8) is 0 Å². The summed E-state index contributed by atoms with van der Waals surface area (Å²) in [7, 11) is -2.30. The molecule has 0 aliphatic carbocycles. The number of hydrogen-bond donors (Lipinski definition) is 0. The lowest BCUT2D eigenvalue weighted by Crippen LogP contribution is -2.35. The van der Waals surface area contributed by atoms with Crippen molar-refractivity contribution < 1.29 is 0 Å². The van der Waals surface area contributed by atoms with Crippen LogP contribution in [-0.2, 0) is 0 Å². The third kappa shape index (κ3) is 3.71. The Kier molecular flexibility index (Phi) is 5.80. The molecule has 7 rings (SSSR count). The van der Waals surface area contributed by atoms with E-state index in [0.717, 1.165) is 0 Å². The van der Waals surface area contributed by atoms with Gasteiger partial charge in [-0.1, -0.05) is 126 Å². The van der Waals surface area contributed by atoms with Crippen LogP contribution in [-0.4, -0.2) is 0 Å². The molecule has 0 spiro atoms. The molecule has 0 radical (unpaired) electrons. The summed E-state index contributed by atoms with van der Waals surface area (Å²) in [5.74, 6) is 0. The third-order valence-electron chi connectivity index (χ3n) is 8.04. The minimum Gasteiger partial charge on any atom is -0.0620 e. The molecule has 0 unspecified atom stereocenters. The van der Waals surface area contributed by atoms with Gasteiger partial charge in [0.1, 0.15) is 28.5 Å². The van der Waals surface area contributed by atoms with Gasteiger partial charge in [0, 0.05) is 16.5 Å². The van der Waals surface area contributed by atoms with E-state index in [1.54, 1.807) is 0 Å². The molecule has 0 saturated heterocycles. The van der Waals surface area contributed by atoms with Crippen molar-refractivity contribution in [3.05, 3.63) is 173 Å². The lowest BCUT2D eigenvalue weighted by molar-refractivity contribution is 1.44. The predicted molar refractivity (Wildman–Crippen MR) is 171 cm³/mol. The monoisotopic (exact) mass is 517 g/mol. The highest BCUT2D eigenvalue weighted by molar-refractivity contribution is 8.04. The van der Waals surface area contributed by atoms with Crippen LogP contribution in [0.2, 0.25) is 0 Å². The summed E-state index contributed by atoms with van der Waals surface area (Å²) in [6.07, 6.45) is 0. The van der Waals surface area contributed by atoms with E-state index in [2.05, 4.69) is 159 Å². The van der Waals surface area contributed by atoms with Crippen LogP contribution >= 0.6 is 7.26 Å². The molecule has 39 heavy (non-hydrogen) atoms. The average molecular weight is 518 g/mol. The predicted octanol–water partition coefficient (Wildman–Crippen LogP) is 8.68. The van der Waals surface area contributed by atoms with E-state index in [1.807, 2.05) is 0 Å². The van der Waals surface area contributed by atoms with Gasteiger partial charge in [-0.15, -0.1) is 0 Å². The van der Waals surface area contributed by atoms with E-state index in [0.29, 0.717) is 0 Å². The van der Waals surface area contributed by atoms with E-state index in [-0.39, 0.29) is 0 Å². The van der Waals surface area contributed by atoms with E-state index in [4.69, 9.17) is 0 Å². The molecule has 186 valence electrons. The van der Waals surface area contributed by atoms with Gasteiger partial charge in [-0.2, -0.15) is 0 Å². The van der Waals surface area contributed by atoms with E-state index in [1.165, 1.54) is 65.4 Å². The molecule has 0 amide bonds. The molecule has 6 aromatic carbocycles. The maximum absolute atomic E-state index is 2.40. The molecular formula is C38H30P+. The Morgan fingerprint density at radius 1 is 0.436 bits per heavy atom. The normalized spacial score (nSPS) is 14.0. The zero-order chi connectivity index (χ0) is 26.4. The van der Waals surface area contributed by atoms with Crippen LogP contribution in [0.1, 0.15) is 27.8 Å². The first-order valence-electron chi connectivity index (χ1n) is 13.6. The minimum atomic E-state index is -2.30. The molecule has 0 aromatic heterocycles. The van der Waals surface area contributed by atoms with Crippen LogP contribution < -0.4 is 15.9 Å². The SMILES string of the molecule is Cc1ccc(C2=C(c3ccc(C)cc3)[P+](c3ccccc3)(c3ccccc3)c3cccc4cccc2c34)cc1. The Bertz CT molecular complexity index is 1780. The van der Waals surface area contributed by atoms with Crippen molar-refractivity contribution in [1.82, 2.24) is 0 Å². The Labute approximate surface area is 231 Å². The summed E-state index contributed by atoms with van der Waals surface area (Å²) in [5, 5.41) is 8.34. The van der Waals surface area contributed by atoms with Crippen molar-refractivity contribution in [2.45, 2.75) is 13.8 Å². The van der Waals surface area contributed by atoms with E-state index >= 15 is 0 Å². The molecule has 0 nitrogen and oxygen atoms in total. The van der Waals surface area contributed by atoms with Crippen molar-refractivity contribution in [3.8, 4) is 0 Å². The van der Waals surface area contributed by atoms with Crippen LogP contribution in [0.5, 0.6) is 0 Å². The van der Waals surface area contributed by atoms with Gasteiger partial charge in [0.05, 0.1) is 0 Å². The molecule has 1 aliphatic heterocycles. The lowest BCUT2D eigenvalue weighted by atomic mass is 9.90. The van der Waals surface area contributed by atoms with Gasteiger partial charge in [0.15, 0.2) is 0 Å². The fraction of sp³-hybridized carbons (Fsp3) is 0.0526. The van der Waals surface area contributed by atoms with Crippen molar-refractivity contribution in [1.29, 1.82) is 0 Å². The molecule has 0 saturated carbocycles. The molecule has 0 fully saturated rings. The molecule has 0 atom stereocenters. The van der Waals surface area contributed by atoms with Gasteiger partial charge in [-0.25, -0.2) is 0 Å². The zero-order valence-corrected chi connectivity index (χ0v) is 23.2. The number of benzene rings is 6. The van der Waals surface area contributed by atoms with Gasteiger partial charge in [0.2, 0.25) is 0 Å². The van der Waals surface area contributed by atoms with Crippen LogP contribution in [0, 0.1) is 13.8 Å². The summed E-state index contributed by atoms with van der Waals surface area (Å²) in [6, 6.07) is 54.6. The highest BCUT2D eigenvalue weighted by atomic mass is 31.2. The van der Waals surface area contributed by atoms with Crippen LogP contribution in [0.25, 0.3) is 21.7 Å². The van der Waals surface area contributed by atoms with Crippen molar-refractivity contribution in [2.24, 2.45) is 0 Å². The Morgan fingerprint density at radius 3 is 1.51 bits per heavy atom. The molecule has 0 N–H and O–H groups in total. The van der Waals surface area contributed by atoms with Crippen LogP contribution in [0.4, 0.5) is 0 Å². The second-order valence-corrected chi connectivity index (χ2v) is 13.8. The van der Waals surface area contributed by atoms with E-state index < -0.39 is 7.26 Å². The number of aryl methyl sites for hydroxylation is 2.